The van der Waals surface area contributed by atoms with Gasteiger partial charge in [-0.2, -0.15) is 0 Å². The summed E-state index contributed by atoms with van der Waals surface area (Å²) in [5.74, 6) is 5.55. The maximum Gasteiger partial charge on any atom is 0.469 e. The number of carbonyl (C=O) groups excluding carboxylic acids is 1. The van der Waals surface area contributed by atoms with Gasteiger partial charge in [-0.25, -0.2) is 9.36 Å². The van der Waals surface area contributed by atoms with Gasteiger partial charge in [-0.3, -0.25) is 23.7 Å². The molecule has 0 bridgehead atoms. The molecule has 0 aromatic carbocycles. The number of ether oxygens (including phenoxy) is 1. The van der Waals surface area contributed by atoms with Gasteiger partial charge in [0.1, 0.15) is 17.9 Å². The second-order valence-corrected chi connectivity index (χ2v) is 8.88. The molecule has 5 N–H and O–H groups in total. The number of nitrogens with one attached hydrogen (secondary N) is 2. The van der Waals surface area contributed by atoms with Crippen LogP contribution in [0.4, 0.5) is 0 Å². The van der Waals surface area contributed by atoms with E-state index in [1.165, 1.54) is 6.20 Å². The summed E-state index contributed by atoms with van der Waals surface area (Å²) in [4.78, 5) is 55.6. The number of amides is 1. The van der Waals surface area contributed by atoms with E-state index < -0.39 is 44.1 Å². The summed E-state index contributed by atoms with van der Waals surface area (Å²) < 4.78 is 21.7. The molecule has 1 aliphatic rings. The molecule has 3 atom stereocenters. The molecular formula is C20H30N3O9P. The second kappa shape index (κ2) is 12.8. The quantitative estimate of drug-likeness (QED) is 0.165. The van der Waals surface area contributed by atoms with E-state index in [1.807, 2.05) is 6.92 Å². The maximum absolute atomic E-state index is 12.2. The van der Waals surface area contributed by atoms with E-state index in [1.54, 1.807) is 0 Å². The third-order valence-corrected chi connectivity index (χ3v) is 5.41. The minimum absolute atomic E-state index is 0.00294. The first kappa shape index (κ1) is 27.0. The highest BCUT2D eigenvalue weighted by atomic mass is 31.2. The first-order valence-electron chi connectivity index (χ1n) is 10.8. The van der Waals surface area contributed by atoms with Crippen molar-refractivity contribution in [1.82, 2.24) is 14.9 Å². The second-order valence-electron chi connectivity index (χ2n) is 7.64. The Bertz CT molecular complexity index is 1020. The Labute approximate surface area is 190 Å². The van der Waals surface area contributed by atoms with Crippen LogP contribution in [0, 0.1) is 11.8 Å². The van der Waals surface area contributed by atoms with Gasteiger partial charge in [0.2, 0.25) is 5.91 Å². The number of unbranched alkanes of at least 4 members (excludes halogenated alkanes) is 3. The number of aromatic amines is 1. The van der Waals surface area contributed by atoms with Gasteiger partial charge < -0.3 is 24.9 Å². The first-order chi connectivity index (χ1) is 15.6. The lowest BCUT2D eigenvalue weighted by atomic mass is 10.2. The molecule has 0 spiro atoms. The molecule has 1 saturated heterocycles. The fraction of sp³-hybridized carbons (Fsp3) is 0.650. The number of nitrogens with zero attached hydrogens (tertiary/aromatic N) is 1. The zero-order valence-corrected chi connectivity index (χ0v) is 19.3. The van der Waals surface area contributed by atoms with E-state index >= 15 is 0 Å². The predicted molar refractivity (Wildman–Crippen MR) is 117 cm³/mol. The van der Waals surface area contributed by atoms with Crippen molar-refractivity contribution in [2.24, 2.45) is 0 Å². The minimum atomic E-state index is -4.74. The van der Waals surface area contributed by atoms with Gasteiger partial charge in [0, 0.05) is 32.0 Å². The van der Waals surface area contributed by atoms with Crippen LogP contribution in [0.15, 0.2) is 15.8 Å². The summed E-state index contributed by atoms with van der Waals surface area (Å²) in [6.45, 7) is 2.16. The van der Waals surface area contributed by atoms with Crippen molar-refractivity contribution >= 4 is 13.7 Å². The molecule has 0 radical (unpaired) electrons. The molecule has 12 nitrogen and oxygen atoms in total. The van der Waals surface area contributed by atoms with Crippen LogP contribution < -0.4 is 16.6 Å². The topological polar surface area (TPSA) is 180 Å². The number of aliphatic hydroxyl groups is 1. The average molecular weight is 487 g/mol. The predicted octanol–water partition coefficient (Wildman–Crippen LogP) is 0.123. The average Bonchev–Trinajstić information content (AvgIpc) is 3.10. The third-order valence-electron chi connectivity index (χ3n) is 4.92. The van der Waals surface area contributed by atoms with Crippen LogP contribution in [0.5, 0.6) is 0 Å². The number of aliphatic hydroxyl groups excluding tert-OH is 1. The lowest BCUT2D eigenvalue weighted by Gasteiger charge is -2.16. The normalized spacial score (nSPS) is 20.3. The number of hydrogen-bond donors (Lipinski definition) is 5. The lowest BCUT2D eigenvalue weighted by molar-refractivity contribution is -0.121. The molecule has 0 saturated carbocycles. The van der Waals surface area contributed by atoms with Crippen LogP contribution in [0.1, 0.15) is 63.7 Å². The monoisotopic (exact) mass is 487 g/mol. The van der Waals surface area contributed by atoms with Crippen molar-refractivity contribution in [3.63, 3.8) is 0 Å². The zero-order valence-electron chi connectivity index (χ0n) is 18.4. The molecule has 2 rings (SSSR count). The van der Waals surface area contributed by atoms with Crippen LogP contribution >= 0.6 is 7.82 Å². The number of hydrogen-bond acceptors (Lipinski definition) is 7. The van der Waals surface area contributed by atoms with Crippen molar-refractivity contribution in [3.8, 4) is 11.8 Å². The van der Waals surface area contributed by atoms with Gasteiger partial charge in [-0.15, -0.1) is 0 Å². The molecule has 1 aliphatic heterocycles. The van der Waals surface area contributed by atoms with Gasteiger partial charge in [0.05, 0.1) is 12.7 Å². The Balaban J connectivity index is 1.93. The SMILES string of the molecule is CCCCNC(=O)CCCCC#Cc1cn([C@H]2CC(O)[C@@H](COP(=O)(O)O)O2)c(=O)[nH]c1=O. The Kier molecular flexibility index (Phi) is 10.5. The third kappa shape index (κ3) is 9.25. The summed E-state index contributed by atoms with van der Waals surface area (Å²) in [5.41, 5.74) is -1.41. The molecule has 1 fully saturated rings. The standard InChI is InChI=1S/C20H30N3O9P/c1-2-3-10-21-17(25)9-7-5-4-6-8-14-12-23(20(27)22-19(14)26)18-11-15(24)16(32-18)13-31-33(28,29)30/h12,15-16,18,24H,2-5,7,9-11,13H2,1H3,(H,21,25)(H,22,26,27)(H2,28,29,30)/t15?,16-,18-/m1/s1. The number of rotatable bonds is 11. The van der Waals surface area contributed by atoms with Gasteiger partial charge in [0.25, 0.3) is 5.56 Å². The minimum Gasteiger partial charge on any atom is -0.390 e. The molecule has 0 aliphatic carbocycles. The molecule has 2 heterocycles. The number of aromatic nitrogens is 2. The number of phosphoric ester groups is 1. The summed E-state index contributed by atoms with van der Waals surface area (Å²) in [6.07, 6.45) is 2.17. The van der Waals surface area contributed by atoms with Crippen LogP contribution in [-0.4, -0.2) is 55.7 Å². The highest BCUT2D eigenvalue weighted by molar-refractivity contribution is 7.46. The Morgan fingerprint density at radius 1 is 1.36 bits per heavy atom. The smallest absolute Gasteiger partial charge is 0.390 e. The van der Waals surface area contributed by atoms with Gasteiger partial charge in [0.15, 0.2) is 0 Å². The molecule has 1 amide bonds. The summed E-state index contributed by atoms with van der Waals surface area (Å²) in [7, 11) is -4.74. The van der Waals surface area contributed by atoms with Crippen LogP contribution in [-0.2, 0) is 18.6 Å². The van der Waals surface area contributed by atoms with Gasteiger partial charge in [-0.1, -0.05) is 25.2 Å². The molecule has 1 aromatic heterocycles. The molecule has 184 valence electrons. The number of phosphoric acid groups is 1. The van der Waals surface area contributed by atoms with Crippen molar-refractivity contribution in [3.05, 3.63) is 32.6 Å². The largest absolute Gasteiger partial charge is 0.469 e. The highest BCUT2D eigenvalue weighted by Gasteiger charge is 2.37. The van der Waals surface area contributed by atoms with Crippen molar-refractivity contribution in [2.45, 2.75) is 70.3 Å². The first-order valence-corrected chi connectivity index (χ1v) is 12.3. The Morgan fingerprint density at radius 2 is 2.12 bits per heavy atom. The fourth-order valence-corrected chi connectivity index (χ4v) is 3.49. The lowest BCUT2D eigenvalue weighted by Crippen LogP contribution is -2.33. The molecule has 33 heavy (non-hydrogen) atoms. The van der Waals surface area contributed by atoms with E-state index in [9.17, 15) is 24.1 Å². The van der Waals surface area contributed by atoms with Crippen molar-refractivity contribution < 1.29 is 33.5 Å². The molecule has 13 heteroatoms. The van der Waals surface area contributed by atoms with E-state index in [-0.39, 0.29) is 17.9 Å². The number of H-pyrrole nitrogens is 1. The fourth-order valence-electron chi connectivity index (χ4n) is 3.14. The van der Waals surface area contributed by atoms with Crippen LogP contribution in [0.2, 0.25) is 0 Å². The van der Waals surface area contributed by atoms with Gasteiger partial charge >= 0.3 is 13.5 Å². The maximum atomic E-state index is 12.2. The summed E-state index contributed by atoms with van der Waals surface area (Å²) >= 11 is 0. The van der Waals surface area contributed by atoms with Crippen LogP contribution in [0.25, 0.3) is 0 Å². The highest BCUT2D eigenvalue weighted by Crippen LogP contribution is 2.38. The van der Waals surface area contributed by atoms with Crippen molar-refractivity contribution in [1.29, 1.82) is 0 Å². The van der Waals surface area contributed by atoms with E-state index in [4.69, 9.17) is 14.5 Å². The van der Waals surface area contributed by atoms with Crippen LogP contribution in [0.3, 0.4) is 0 Å². The molecule has 1 unspecified atom stereocenters. The molecule has 1 aromatic rings. The Hall–Kier alpha value is -2.26. The van der Waals surface area contributed by atoms with E-state index in [2.05, 4.69) is 26.7 Å². The number of carbonyl (C=O) groups is 1. The van der Waals surface area contributed by atoms with E-state index in [0.717, 1.165) is 17.4 Å². The van der Waals surface area contributed by atoms with Gasteiger partial charge in [-0.05, 0) is 19.3 Å². The Morgan fingerprint density at radius 3 is 2.82 bits per heavy atom. The van der Waals surface area contributed by atoms with E-state index in [0.29, 0.717) is 32.2 Å². The molecular weight excluding hydrogens is 457 g/mol. The summed E-state index contributed by atoms with van der Waals surface area (Å²) in [6, 6.07) is 0. The van der Waals surface area contributed by atoms with Crippen molar-refractivity contribution in [2.75, 3.05) is 13.2 Å². The zero-order chi connectivity index (χ0) is 24.4. The summed E-state index contributed by atoms with van der Waals surface area (Å²) in [5, 5.41) is 12.9.